The van der Waals surface area contributed by atoms with Crippen LogP contribution in [0.5, 0.6) is 0 Å². The Morgan fingerprint density at radius 2 is 2.06 bits per heavy atom. The summed E-state index contributed by atoms with van der Waals surface area (Å²) in [6.45, 7) is 4.90. The smallest absolute Gasteiger partial charge is 0.129 e. The number of nitrogens with zero attached hydrogens (tertiary/aromatic N) is 3. The molecule has 1 saturated carbocycles. The van der Waals surface area contributed by atoms with E-state index in [1.54, 1.807) is 0 Å². The highest BCUT2D eigenvalue weighted by atomic mass is 15.1. The first-order chi connectivity index (χ1) is 8.06. The molecule has 0 amide bonds. The van der Waals surface area contributed by atoms with Gasteiger partial charge in [-0.2, -0.15) is 0 Å². The van der Waals surface area contributed by atoms with Gasteiger partial charge in [0.1, 0.15) is 11.6 Å². The van der Waals surface area contributed by atoms with E-state index in [4.69, 9.17) is 0 Å². The number of hydrogen-bond donors (Lipinski definition) is 1. The second kappa shape index (κ2) is 5.00. The molecule has 2 rings (SSSR count). The van der Waals surface area contributed by atoms with Crippen molar-refractivity contribution in [1.82, 2.24) is 14.9 Å². The number of aromatic nitrogens is 2. The van der Waals surface area contributed by atoms with Gasteiger partial charge in [0.25, 0.3) is 0 Å². The van der Waals surface area contributed by atoms with Gasteiger partial charge in [-0.25, -0.2) is 9.97 Å². The molecule has 1 aromatic heterocycles. The lowest BCUT2D eigenvalue weighted by Crippen LogP contribution is -2.36. The van der Waals surface area contributed by atoms with Crippen molar-refractivity contribution in [3.8, 4) is 0 Å². The van der Waals surface area contributed by atoms with Gasteiger partial charge in [-0.1, -0.05) is 0 Å². The summed E-state index contributed by atoms with van der Waals surface area (Å²) in [5.74, 6) is 2.64. The summed E-state index contributed by atoms with van der Waals surface area (Å²) in [4.78, 5) is 11.0. The lowest BCUT2D eigenvalue weighted by atomic mass is 10.1. The Bertz CT molecular complexity index is 363. The maximum absolute atomic E-state index is 4.40. The van der Waals surface area contributed by atoms with Crippen LogP contribution in [-0.4, -0.2) is 41.5 Å². The van der Waals surface area contributed by atoms with Gasteiger partial charge >= 0.3 is 0 Å². The Balaban J connectivity index is 1.95. The minimum absolute atomic E-state index is 0.616. The third kappa shape index (κ3) is 3.40. The minimum atomic E-state index is 0.616. The molecule has 1 aromatic rings. The van der Waals surface area contributed by atoms with E-state index in [-0.39, 0.29) is 0 Å². The molecule has 0 aliphatic heterocycles. The van der Waals surface area contributed by atoms with Crippen molar-refractivity contribution < 1.29 is 0 Å². The van der Waals surface area contributed by atoms with E-state index >= 15 is 0 Å². The standard InChI is InChI=1S/C13H22N4/c1-9-7-13(16-10(2)15-9)14-8-12(17(3)4)11-5-6-11/h7,11-12H,5-6,8H2,1-4H3,(H,14,15,16). The number of anilines is 1. The molecule has 0 radical (unpaired) electrons. The molecule has 4 heteroatoms. The molecule has 0 bridgehead atoms. The van der Waals surface area contributed by atoms with E-state index in [0.717, 1.165) is 29.8 Å². The average molecular weight is 234 g/mol. The first kappa shape index (κ1) is 12.3. The summed E-state index contributed by atoms with van der Waals surface area (Å²) >= 11 is 0. The van der Waals surface area contributed by atoms with E-state index in [1.165, 1.54) is 12.8 Å². The van der Waals surface area contributed by atoms with Crippen LogP contribution in [0.2, 0.25) is 0 Å². The molecule has 1 unspecified atom stereocenters. The van der Waals surface area contributed by atoms with Crippen LogP contribution >= 0.6 is 0 Å². The quantitative estimate of drug-likeness (QED) is 0.844. The molecule has 4 nitrogen and oxygen atoms in total. The number of hydrogen-bond acceptors (Lipinski definition) is 4. The first-order valence-corrected chi connectivity index (χ1v) is 6.29. The fourth-order valence-electron chi connectivity index (χ4n) is 2.27. The maximum Gasteiger partial charge on any atom is 0.129 e. The van der Waals surface area contributed by atoms with Crippen LogP contribution in [-0.2, 0) is 0 Å². The Morgan fingerprint density at radius 3 is 2.59 bits per heavy atom. The second-order valence-corrected chi connectivity index (χ2v) is 5.19. The predicted octanol–water partition coefficient (Wildman–Crippen LogP) is 1.85. The summed E-state index contributed by atoms with van der Waals surface area (Å²) in [6.07, 6.45) is 2.73. The van der Waals surface area contributed by atoms with E-state index in [9.17, 15) is 0 Å². The topological polar surface area (TPSA) is 41.0 Å². The van der Waals surface area contributed by atoms with Gasteiger partial charge < -0.3 is 10.2 Å². The molecule has 94 valence electrons. The Kier molecular flexibility index (Phi) is 3.62. The highest BCUT2D eigenvalue weighted by molar-refractivity contribution is 5.35. The van der Waals surface area contributed by atoms with Crippen molar-refractivity contribution in [1.29, 1.82) is 0 Å². The van der Waals surface area contributed by atoms with Crippen LogP contribution in [0.1, 0.15) is 24.4 Å². The zero-order valence-electron chi connectivity index (χ0n) is 11.2. The molecule has 1 N–H and O–H groups in total. The molecule has 0 aromatic carbocycles. The van der Waals surface area contributed by atoms with Crippen LogP contribution in [0, 0.1) is 19.8 Å². The highest BCUT2D eigenvalue weighted by Crippen LogP contribution is 2.34. The summed E-state index contributed by atoms with van der Waals surface area (Å²) in [7, 11) is 4.31. The monoisotopic (exact) mass is 234 g/mol. The van der Waals surface area contributed by atoms with Crippen molar-refractivity contribution in [3.63, 3.8) is 0 Å². The molecule has 0 saturated heterocycles. The van der Waals surface area contributed by atoms with Gasteiger partial charge in [0.05, 0.1) is 0 Å². The number of rotatable bonds is 5. The summed E-state index contributed by atoms with van der Waals surface area (Å²) < 4.78 is 0. The third-order valence-corrected chi connectivity index (χ3v) is 3.29. The molecule has 17 heavy (non-hydrogen) atoms. The van der Waals surface area contributed by atoms with Crippen molar-refractivity contribution in [2.75, 3.05) is 26.0 Å². The number of nitrogens with one attached hydrogen (secondary N) is 1. The van der Waals surface area contributed by atoms with Gasteiger partial charge in [0.2, 0.25) is 0 Å². The van der Waals surface area contributed by atoms with Crippen molar-refractivity contribution >= 4 is 5.82 Å². The summed E-state index contributed by atoms with van der Waals surface area (Å²) in [5, 5.41) is 3.44. The van der Waals surface area contributed by atoms with E-state index in [0.29, 0.717) is 6.04 Å². The Labute approximate surface area is 103 Å². The average Bonchev–Trinajstić information content (AvgIpc) is 3.00. The molecule has 0 spiro atoms. The lowest BCUT2D eigenvalue weighted by molar-refractivity contribution is 0.276. The third-order valence-electron chi connectivity index (χ3n) is 3.29. The molecule has 1 aliphatic carbocycles. The molecular formula is C13H22N4. The Hall–Kier alpha value is -1.16. The van der Waals surface area contributed by atoms with Crippen LogP contribution in [0.4, 0.5) is 5.82 Å². The summed E-state index contributed by atoms with van der Waals surface area (Å²) in [5.41, 5.74) is 1.02. The van der Waals surface area contributed by atoms with Gasteiger partial charge in [-0.15, -0.1) is 0 Å². The minimum Gasteiger partial charge on any atom is -0.368 e. The Morgan fingerprint density at radius 1 is 1.35 bits per heavy atom. The van der Waals surface area contributed by atoms with E-state index in [1.807, 2.05) is 19.9 Å². The van der Waals surface area contributed by atoms with Gasteiger partial charge in [-0.05, 0) is 46.7 Å². The van der Waals surface area contributed by atoms with Crippen molar-refractivity contribution in [2.24, 2.45) is 5.92 Å². The second-order valence-electron chi connectivity index (χ2n) is 5.19. The van der Waals surface area contributed by atoms with Crippen molar-refractivity contribution in [2.45, 2.75) is 32.7 Å². The van der Waals surface area contributed by atoms with Crippen molar-refractivity contribution in [3.05, 3.63) is 17.6 Å². The fraction of sp³-hybridized carbons (Fsp3) is 0.692. The first-order valence-electron chi connectivity index (χ1n) is 6.29. The molecule has 1 atom stereocenters. The van der Waals surface area contributed by atoms with Gasteiger partial charge in [0.15, 0.2) is 0 Å². The van der Waals surface area contributed by atoms with Crippen LogP contribution in [0.25, 0.3) is 0 Å². The highest BCUT2D eigenvalue weighted by Gasteiger charge is 2.32. The SMILES string of the molecule is Cc1cc(NCC(C2CC2)N(C)C)nc(C)n1. The number of aryl methyl sites for hydroxylation is 2. The molecule has 1 heterocycles. The largest absolute Gasteiger partial charge is 0.368 e. The normalized spacial score (nSPS) is 17.2. The van der Waals surface area contributed by atoms with Gasteiger partial charge in [0, 0.05) is 24.3 Å². The maximum atomic E-state index is 4.40. The van der Waals surface area contributed by atoms with Gasteiger partial charge in [-0.3, -0.25) is 0 Å². The predicted molar refractivity (Wildman–Crippen MR) is 70.2 cm³/mol. The fourth-order valence-corrected chi connectivity index (χ4v) is 2.27. The van der Waals surface area contributed by atoms with Crippen LogP contribution < -0.4 is 5.32 Å². The molecular weight excluding hydrogens is 212 g/mol. The van der Waals surface area contributed by atoms with E-state index in [2.05, 4.69) is 34.3 Å². The molecule has 1 fully saturated rings. The number of likely N-dealkylation sites (N-methyl/N-ethyl adjacent to an activating group) is 1. The van der Waals surface area contributed by atoms with Crippen LogP contribution in [0.3, 0.4) is 0 Å². The lowest BCUT2D eigenvalue weighted by Gasteiger charge is -2.24. The molecule has 1 aliphatic rings. The summed E-state index contributed by atoms with van der Waals surface area (Å²) in [6, 6.07) is 2.62. The van der Waals surface area contributed by atoms with Crippen LogP contribution in [0.15, 0.2) is 6.07 Å². The van der Waals surface area contributed by atoms with E-state index < -0.39 is 0 Å². The zero-order valence-corrected chi connectivity index (χ0v) is 11.2. The zero-order chi connectivity index (χ0) is 12.4.